The van der Waals surface area contributed by atoms with E-state index in [-0.39, 0.29) is 11.4 Å². The Morgan fingerprint density at radius 2 is 2.05 bits per heavy atom. The molecule has 0 aliphatic rings. The van der Waals surface area contributed by atoms with Crippen LogP contribution < -0.4 is 5.56 Å². The van der Waals surface area contributed by atoms with Gasteiger partial charge in [-0.3, -0.25) is 4.79 Å². The van der Waals surface area contributed by atoms with Crippen LogP contribution in [-0.2, 0) is 0 Å². The maximum atomic E-state index is 13.3. The predicted molar refractivity (Wildman–Crippen MR) is 72.5 cm³/mol. The van der Waals surface area contributed by atoms with Crippen molar-refractivity contribution in [2.75, 3.05) is 0 Å². The molecule has 1 N–H and O–H groups in total. The molecule has 0 radical (unpaired) electrons. The van der Waals surface area contributed by atoms with Crippen molar-refractivity contribution in [1.29, 1.82) is 0 Å². The van der Waals surface area contributed by atoms with E-state index in [4.69, 9.17) is 0 Å². The number of hydrogen-bond donors (Lipinski definition) is 1. The summed E-state index contributed by atoms with van der Waals surface area (Å²) in [4.78, 5) is 18.7. The average molecular weight is 254 g/mol. The summed E-state index contributed by atoms with van der Waals surface area (Å²) in [5, 5.41) is 0.887. The molecule has 1 aromatic carbocycles. The van der Waals surface area contributed by atoms with E-state index >= 15 is 0 Å². The Hall–Kier alpha value is -2.49. The van der Waals surface area contributed by atoms with Gasteiger partial charge in [-0.05, 0) is 42.8 Å². The van der Waals surface area contributed by atoms with Gasteiger partial charge in [0.05, 0.1) is 16.8 Å². The van der Waals surface area contributed by atoms with E-state index in [0.29, 0.717) is 16.8 Å². The zero-order valence-electron chi connectivity index (χ0n) is 10.3. The molecule has 19 heavy (non-hydrogen) atoms. The van der Waals surface area contributed by atoms with Gasteiger partial charge in [0, 0.05) is 17.6 Å². The first kappa shape index (κ1) is 11.6. The highest BCUT2D eigenvalue weighted by Gasteiger charge is 2.08. The predicted octanol–water partition coefficient (Wildman–Crippen LogP) is 3.04. The minimum atomic E-state index is -0.335. The van der Waals surface area contributed by atoms with Gasteiger partial charge in [0.1, 0.15) is 5.82 Å². The second-order valence-corrected chi connectivity index (χ2v) is 4.40. The third-order valence-electron chi connectivity index (χ3n) is 3.07. The molecule has 94 valence electrons. The van der Waals surface area contributed by atoms with E-state index < -0.39 is 0 Å². The van der Waals surface area contributed by atoms with Crippen LogP contribution in [0.5, 0.6) is 0 Å². The Morgan fingerprint density at radius 1 is 1.21 bits per heavy atom. The average Bonchev–Trinajstić information content (AvgIpc) is 2.38. The Balaban J connectivity index is 2.32. The number of rotatable bonds is 1. The number of benzene rings is 1. The van der Waals surface area contributed by atoms with E-state index in [1.165, 1.54) is 12.1 Å². The number of nitrogens with one attached hydrogen (secondary N) is 1. The second kappa shape index (κ2) is 4.31. The number of pyridine rings is 2. The van der Waals surface area contributed by atoms with Crippen molar-refractivity contribution < 1.29 is 4.39 Å². The molecule has 0 saturated carbocycles. The van der Waals surface area contributed by atoms with Gasteiger partial charge in [-0.15, -0.1) is 0 Å². The normalized spacial score (nSPS) is 10.8. The fraction of sp³-hybridized carbons (Fsp3) is 0.0667. The van der Waals surface area contributed by atoms with Crippen LogP contribution in [0.15, 0.2) is 47.4 Å². The van der Waals surface area contributed by atoms with E-state index in [2.05, 4.69) is 9.97 Å². The number of aryl methyl sites for hydroxylation is 1. The van der Waals surface area contributed by atoms with Crippen molar-refractivity contribution in [2.45, 2.75) is 6.92 Å². The van der Waals surface area contributed by atoms with Crippen LogP contribution in [0.4, 0.5) is 4.39 Å². The third kappa shape index (κ3) is 2.01. The van der Waals surface area contributed by atoms with Gasteiger partial charge in [0.15, 0.2) is 0 Å². The third-order valence-corrected chi connectivity index (χ3v) is 3.07. The van der Waals surface area contributed by atoms with Crippen molar-refractivity contribution in [3.05, 3.63) is 64.3 Å². The number of halogens is 1. The van der Waals surface area contributed by atoms with Crippen LogP contribution in [0, 0.1) is 12.7 Å². The number of aromatic amines is 1. The lowest BCUT2D eigenvalue weighted by Gasteiger charge is -2.06. The quantitative estimate of drug-likeness (QED) is 0.725. The summed E-state index contributed by atoms with van der Waals surface area (Å²) >= 11 is 0. The molecule has 0 atom stereocenters. The van der Waals surface area contributed by atoms with Crippen LogP contribution in [0.2, 0.25) is 0 Å². The highest BCUT2D eigenvalue weighted by molar-refractivity contribution is 5.84. The molecular weight excluding hydrogens is 243 g/mol. The topological polar surface area (TPSA) is 45.8 Å². The van der Waals surface area contributed by atoms with Crippen LogP contribution in [-0.4, -0.2) is 9.97 Å². The number of nitrogens with zero attached hydrogens (tertiary/aromatic N) is 1. The van der Waals surface area contributed by atoms with Crippen LogP contribution in [0.25, 0.3) is 22.2 Å². The van der Waals surface area contributed by atoms with Crippen molar-refractivity contribution in [1.82, 2.24) is 9.97 Å². The molecule has 0 saturated heterocycles. The number of H-pyrrole nitrogens is 1. The molecule has 3 rings (SSSR count). The monoisotopic (exact) mass is 254 g/mol. The van der Waals surface area contributed by atoms with Gasteiger partial charge < -0.3 is 4.98 Å². The molecule has 4 heteroatoms. The van der Waals surface area contributed by atoms with Gasteiger partial charge in [0.2, 0.25) is 0 Å². The van der Waals surface area contributed by atoms with E-state index in [1.54, 1.807) is 24.4 Å². The lowest BCUT2D eigenvalue weighted by molar-refractivity contribution is 0.629. The molecule has 3 nitrogen and oxygen atoms in total. The highest BCUT2D eigenvalue weighted by atomic mass is 19.1. The zero-order valence-corrected chi connectivity index (χ0v) is 10.3. The minimum Gasteiger partial charge on any atom is -0.329 e. The molecule has 2 aromatic heterocycles. The SMILES string of the molecule is Cc1cc(-c2ccc[nH]c2=O)nc2cc(F)ccc12. The fourth-order valence-corrected chi connectivity index (χ4v) is 2.14. The molecule has 0 aliphatic carbocycles. The van der Waals surface area contributed by atoms with Crippen LogP contribution >= 0.6 is 0 Å². The highest BCUT2D eigenvalue weighted by Crippen LogP contribution is 2.22. The minimum absolute atomic E-state index is 0.204. The molecule has 0 aliphatic heterocycles. The Kier molecular flexibility index (Phi) is 2.63. The summed E-state index contributed by atoms with van der Waals surface area (Å²) in [7, 11) is 0. The summed E-state index contributed by atoms with van der Waals surface area (Å²) in [6.45, 7) is 1.92. The molecule has 2 heterocycles. The number of fused-ring (bicyclic) bond motifs is 1. The van der Waals surface area contributed by atoms with Gasteiger partial charge in [0.25, 0.3) is 5.56 Å². The first-order chi connectivity index (χ1) is 9.15. The standard InChI is InChI=1S/C15H11FN2O/c1-9-7-13(12-3-2-6-17-15(12)19)18-14-8-10(16)4-5-11(9)14/h2-8H,1H3,(H,17,19). The van der Waals surface area contributed by atoms with Crippen LogP contribution in [0.1, 0.15) is 5.56 Å². The van der Waals surface area contributed by atoms with Crippen molar-refractivity contribution in [3.63, 3.8) is 0 Å². The zero-order chi connectivity index (χ0) is 13.4. The lowest BCUT2D eigenvalue weighted by atomic mass is 10.1. The van der Waals surface area contributed by atoms with Gasteiger partial charge >= 0.3 is 0 Å². The fourth-order valence-electron chi connectivity index (χ4n) is 2.14. The second-order valence-electron chi connectivity index (χ2n) is 4.40. The molecule has 0 amide bonds. The number of aromatic nitrogens is 2. The summed E-state index contributed by atoms with van der Waals surface area (Å²) in [5.74, 6) is -0.335. The van der Waals surface area contributed by atoms with Gasteiger partial charge in [-0.25, -0.2) is 9.37 Å². The summed E-state index contributed by atoms with van der Waals surface area (Å²) in [6, 6.07) is 9.76. The maximum Gasteiger partial charge on any atom is 0.257 e. The summed E-state index contributed by atoms with van der Waals surface area (Å²) in [5.41, 5.74) is 2.35. The van der Waals surface area contributed by atoms with Crippen LogP contribution in [0.3, 0.4) is 0 Å². The van der Waals surface area contributed by atoms with Crippen molar-refractivity contribution in [2.24, 2.45) is 0 Å². The molecule has 0 fully saturated rings. The molecule has 0 bridgehead atoms. The van der Waals surface area contributed by atoms with E-state index in [1.807, 2.05) is 13.0 Å². The first-order valence-corrected chi connectivity index (χ1v) is 5.90. The van der Waals surface area contributed by atoms with E-state index in [9.17, 15) is 9.18 Å². The molecule has 0 spiro atoms. The smallest absolute Gasteiger partial charge is 0.257 e. The van der Waals surface area contributed by atoms with Crippen molar-refractivity contribution >= 4 is 10.9 Å². The largest absolute Gasteiger partial charge is 0.329 e. The van der Waals surface area contributed by atoms with Crippen molar-refractivity contribution in [3.8, 4) is 11.3 Å². The molecule has 3 aromatic rings. The first-order valence-electron chi connectivity index (χ1n) is 5.90. The van der Waals surface area contributed by atoms with Gasteiger partial charge in [-0.1, -0.05) is 0 Å². The summed E-state index contributed by atoms with van der Waals surface area (Å²) in [6.07, 6.45) is 1.57. The lowest BCUT2D eigenvalue weighted by Crippen LogP contribution is -2.08. The van der Waals surface area contributed by atoms with Gasteiger partial charge in [-0.2, -0.15) is 0 Å². The number of hydrogen-bond acceptors (Lipinski definition) is 2. The molecule has 0 unspecified atom stereocenters. The Morgan fingerprint density at radius 3 is 2.84 bits per heavy atom. The van der Waals surface area contributed by atoms with E-state index in [0.717, 1.165) is 10.9 Å². The summed E-state index contributed by atoms with van der Waals surface area (Å²) < 4.78 is 13.3. The Labute approximate surface area is 108 Å². The molecular formula is C15H11FN2O. The Bertz CT molecular complexity index is 824. The maximum absolute atomic E-state index is 13.3.